The van der Waals surface area contributed by atoms with E-state index < -0.39 is 6.10 Å². The van der Waals surface area contributed by atoms with Gasteiger partial charge in [-0.3, -0.25) is 14.4 Å². The van der Waals surface area contributed by atoms with Gasteiger partial charge in [0, 0.05) is 19.3 Å². The van der Waals surface area contributed by atoms with E-state index in [0.29, 0.717) is 19.3 Å². The van der Waals surface area contributed by atoms with E-state index in [4.69, 9.17) is 14.2 Å². The summed E-state index contributed by atoms with van der Waals surface area (Å²) in [6.45, 7) is 6.67. The second-order valence-corrected chi connectivity index (χ2v) is 24.5. The molecule has 0 fully saturated rings. The molecule has 80 heavy (non-hydrogen) atoms. The maximum absolute atomic E-state index is 12.9. The lowest BCUT2D eigenvalue weighted by Gasteiger charge is -2.18. The Morgan fingerprint density at radius 2 is 0.450 bits per heavy atom. The van der Waals surface area contributed by atoms with E-state index in [-0.39, 0.29) is 31.1 Å². The van der Waals surface area contributed by atoms with E-state index in [9.17, 15) is 14.4 Å². The number of allylic oxidation sites excluding steroid dienone is 6. The van der Waals surface area contributed by atoms with Crippen LogP contribution >= 0.6 is 0 Å². The van der Waals surface area contributed by atoms with Gasteiger partial charge < -0.3 is 14.2 Å². The highest BCUT2D eigenvalue weighted by atomic mass is 16.6. The van der Waals surface area contributed by atoms with Crippen molar-refractivity contribution in [1.82, 2.24) is 0 Å². The minimum absolute atomic E-state index is 0.0699. The summed E-state index contributed by atoms with van der Waals surface area (Å²) >= 11 is 0. The van der Waals surface area contributed by atoms with Crippen molar-refractivity contribution in [2.75, 3.05) is 13.2 Å². The van der Waals surface area contributed by atoms with Crippen molar-refractivity contribution in [3.05, 3.63) is 36.5 Å². The van der Waals surface area contributed by atoms with Gasteiger partial charge in [-0.15, -0.1) is 0 Å². The van der Waals surface area contributed by atoms with Crippen LogP contribution in [0.3, 0.4) is 0 Å². The Labute approximate surface area is 499 Å². The molecule has 6 nitrogen and oxygen atoms in total. The van der Waals surface area contributed by atoms with Gasteiger partial charge in [0.2, 0.25) is 0 Å². The zero-order valence-corrected chi connectivity index (χ0v) is 54.1. The van der Waals surface area contributed by atoms with Crippen LogP contribution in [0, 0.1) is 0 Å². The smallest absolute Gasteiger partial charge is 0.306 e. The van der Waals surface area contributed by atoms with Crippen molar-refractivity contribution in [2.45, 2.75) is 406 Å². The summed E-state index contributed by atoms with van der Waals surface area (Å²) in [5.74, 6) is -0.853. The van der Waals surface area contributed by atoms with Crippen LogP contribution in [0.1, 0.15) is 400 Å². The standard InChI is InChI=1S/C74H138O6/c1-4-7-10-13-16-19-21-23-25-27-29-31-33-34-35-36-37-38-39-41-42-44-46-48-50-52-55-58-61-64-67-73(76)79-70-71(69-78-72(75)66-63-60-57-54-18-15-12-9-6-3)80-74(77)68-65-62-59-56-53-51-49-47-45-43-40-32-30-28-26-24-22-20-17-14-11-8-5-2/h22,24,28,30,40,43,71H,4-21,23,25-27,29,31-39,41-42,44-70H2,1-3H3/b24-22-,30-28-,43-40-. The molecule has 0 bridgehead atoms. The zero-order chi connectivity index (χ0) is 57.8. The topological polar surface area (TPSA) is 78.9 Å². The SMILES string of the molecule is CCCCCCC/C=C\C/C=C\C/C=C\CCCCCCCCCCC(=O)OC(COC(=O)CCCCCCCCCCC)COC(=O)CCCCCCCCCCCCCCCCCCCCCCCCCCCCCCCC. The average Bonchev–Trinajstić information content (AvgIpc) is 3.46. The van der Waals surface area contributed by atoms with Gasteiger partial charge in [-0.25, -0.2) is 0 Å². The molecule has 0 saturated carbocycles. The molecular formula is C74H138O6. The van der Waals surface area contributed by atoms with Crippen LogP contribution in [0.2, 0.25) is 0 Å². The first kappa shape index (κ1) is 77.6. The largest absolute Gasteiger partial charge is 0.462 e. The fraction of sp³-hybridized carbons (Fsp3) is 0.878. The monoisotopic (exact) mass is 1120 g/mol. The minimum Gasteiger partial charge on any atom is -0.462 e. The van der Waals surface area contributed by atoms with Gasteiger partial charge >= 0.3 is 17.9 Å². The molecule has 0 spiro atoms. The van der Waals surface area contributed by atoms with Gasteiger partial charge in [-0.1, -0.05) is 359 Å². The van der Waals surface area contributed by atoms with Crippen molar-refractivity contribution in [3.63, 3.8) is 0 Å². The molecule has 0 aromatic rings. The molecule has 0 aliphatic heterocycles. The van der Waals surface area contributed by atoms with Gasteiger partial charge in [0.05, 0.1) is 0 Å². The highest BCUT2D eigenvalue weighted by Gasteiger charge is 2.19. The van der Waals surface area contributed by atoms with Crippen molar-refractivity contribution < 1.29 is 28.6 Å². The Hall–Kier alpha value is -2.37. The molecule has 6 heteroatoms. The third-order valence-electron chi connectivity index (χ3n) is 16.4. The maximum Gasteiger partial charge on any atom is 0.306 e. The second kappa shape index (κ2) is 69.1. The van der Waals surface area contributed by atoms with Gasteiger partial charge in [0.1, 0.15) is 13.2 Å². The Morgan fingerprint density at radius 1 is 0.250 bits per heavy atom. The molecule has 0 aliphatic carbocycles. The van der Waals surface area contributed by atoms with Gasteiger partial charge in [0.25, 0.3) is 0 Å². The maximum atomic E-state index is 12.9. The minimum atomic E-state index is -0.773. The first-order chi connectivity index (χ1) is 39.5. The molecule has 0 radical (unpaired) electrons. The highest BCUT2D eigenvalue weighted by Crippen LogP contribution is 2.19. The van der Waals surface area contributed by atoms with Crippen LogP contribution in [0.15, 0.2) is 36.5 Å². The van der Waals surface area contributed by atoms with E-state index in [1.165, 1.54) is 283 Å². The molecular weight excluding hydrogens is 985 g/mol. The van der Waals surface area contributed by atoms with E-state index in [1.807, 2.05) is 0 Å². The summed E-state index contributed by atoms with van der Waals surface area (Å²) in [5.41, 5.74) is 0. The van der Waals surface area contributed by atoms with Crippen LogP contribution in [-0.2, 0) is 28.6 Å². The van der Waals surface area contributed by atoms with Gasteiger partial charge in [0.15, 0.2) is 6.10 Å². The summed E-state index contributed by atoms with van der Waals surface area (Å²) in [6.07, 6.45) is 86.3. The van der Waals surface area contributed by atoms with E-state index in [1.54, 1.807) is 0 Å². The lowest BCUT2D eigenvalue weighted by Crippen LogP contribution is -2.30. The van der Waals surface area contributed by atoms with Crippen molar-refractivity contribution in [2.24, 2.45) is 0 Å². The molecule has 0 heterocycles. The van der Waals surface area contributed by atoms with Crippen molar-refractivity contribution >= 4 is 17.9 Å². The number of carbonyl (C=O) groups excluding carboxylic acids is 3. The third kappa shape index (κ3) is 66.4. The van der Waals surface area contributed by atoms with Crippen LogP contribution < -0.4 is 0 Å². The lowest BCUT2D eigenvalue weighted by molar-refractivity contribution is -0.167. The number of hydrogen-bond donors (Lipinski definition) is 0. The third-order valence-corrected chi connectivity index (χ3v) is 16.4. The summed E-state index contributed by atoms with van der Waals surface area (Å²) in [5, 5.41) is 0. The predicted octanol–water partition coefficient (Wildman–Crippen LogP) is 24.7. The number of esters is 3. The Balaban J connectivity index is 4.09. The van der Waals surface area contributed by atoms with Crippen molar-refractivity contribution in [1.29, 1.82) is 0 Å². The number of ether oxygens (including phenoxy) is 3. The molecule has 0 N–H and O–H groups in total. The van der Waals surface area contributed by atoms with Gasteiger partial charge in [-0.05, 0) is 57.8 Å². The molecule has 0 rings (SSSR count). The Kier molecular flexibility index (Phi) is 67.1. The first-order valence-electron chi connectivity index (χ1n) is 36.0. The molecule has 470 valence electrons. The second-order valence-electron chi connectivity index (χ2n) is 24.5. The van der Waals surface area contributed by atoms with Crippen LogP contribution in [0.5, 0.6) is 0 Å². The molecule has 0 aliphatic rings. The Bertz CT molecular complexity index is 1340. The number of rotatable bonds is 67. The predicted molar refractivity (Wildman–Crippen MR) is 349 cm³/mol. The van der Waals surface area contributed by atoms with Crippen molar-refractivity contribution in [3.8, 4) is 0 Å². The van der Waals surface area contributed by atoms with E-state index in [0.717, 1.165) is 77.0 Å². The van der Waals surface area contributed by atoms with Gasteiger partial charge in [-0.2, -0.15) is 0 Å². The fourth-order valence-corrected chi connectivity index (χ4v) is 11.0. The van der Waals surface area contributed by atoms with E-state index in [2.05, 4.69) is 57.2 Å². The van der Waals surface area contributed by atoms with Crippen LogP contribution in [-0.4, -0.2) is 37.2 Å². The zero-order valence-electron chi connectivity index (χ0n) is 54.1. The fourth-order valence-electron chi connectivity index (χ4n) is 11.0. The molecule has 1 unspecified atom stereocenters. The van der Waals surface area contributed by atoms with Crippen LogP contribution in [0.4, 0.5) is 0 Å². The number of unbranched alkanes of at least 4 members (excludes halogenated alkanes) is 50. The molecule has 0 aromatic carbocycles. The summed E-state index contributed by atoms with van der Waals surface area (Å²) < 4.78 is 16.9. The first-order valence-corrected chi connectivity index (χ1v) is 36.0. The summed E-state index contributed by atoms with van der Waals surface area (Å²) in [6, 6.07) is 0. The molecule has 0 amide bonds. The number of hydrogen-bond acceptors (Lipinski definition) is 6. The molecule has 0 aromatic heterocycles. The average molecular weight is 1120 g/mol. The molecule has 1 atom stereocenters. The van der Waals surface area contributed by atoms with E-state index >= 15 is 0 Å². The Morgan fingerprint density at radius 3 is 0.700 bits per heavy atom. The molecule has 0 saturated heterocycles. The normalized spacial score (nSPS) is 12.2. The lowest BCUT2D eigenvalue weighted by atomic mass is 10.0. The number of carbonyl (C=O) groups is 3. The highest BCUT2D eigenvalue weighted by molar-refractivity contribution is 5.71. The summed E-state index contributed by atoms with van der Waals surface area (Å²) in [4.78, 5) is 38.3. The summed E-state index contributed by atoms with van der Waals surface area (Å²) in [7, 11) is 0. The quantitative estimate of drug-likeness (QED) is 0.0261. The van der Waals surface area contributed by atoms with Crippen LogP contribution in [0.25, 0.3) is 0 Å².